The second-order valence-electron chi connectivity index (χ2n) is 2.48. The number of aryl methyl sites for hydroxylation is 2. The maximum Gasteiger partial charge on any atom is 0.110 e. The van der Waals surface area contributed by atoms with E-state index in [4.69, 9.17) is 5.21 Å². The van der Waals surface area contributed by atoms with E-state index in [1.165, 1.54) is 0 Å². The minimum absolute atomic E-state index is 0.536. The molecule has 0 aromatic carbocycles. The zero-order chi connectivity index (χ0) is 8.43. The molecule has 11 heavy (non-hydrogen) atoms. The van der Waals surface area contributed by atoms with Crippen LogP contribution in [0.3, 0.4) is 0 Å². The fourth-order valence-corrected chi connectivity index (χ4v) is 0.789. The lowest BCUT2D eigenvalue weighted by molar-refractivity contribution is 0.319. The highest BCUT2D eigenvalue weighted by Gasteiger charge is 2.03. The summed E-state index contributed by atoms with van der Waals surface area (Å²) >= 11 is 0. The molecule has 1 heterocycles. The molecule has 4 nitrogen and oxygen atoms in total. The fraction of sp³-hybridized carbons (Fsp3) is 0.429. The van der Waals surface area contributed by atoms with Crippen LogP contribution in [0.5, 0.6) is 0 Å². The summed E-state index contributed by atoms with van der Waals surface area (Å²) in [5, 5.41) is 15.6. The highest BCUT2D eigenvalue weighted by molar-refractivity contribution is 5.96. The summed E-state index contributed by atoms with van der Waals surface area (Å²) in [6.07, 6.45) is 0. The maximum absolute atomic E-state index is 8.43. The van der Waals surface area contributed by atoms with Gasteiger partial charge in [0.05, 0.1) is 0 Å². The van der Waals surface area contributed by atoms with Gasteiger partial charge in [-0.25, -0.2) is 0 Å². The van der Waals surface area contributed by atoms with Gasteiger partial charge in [0, 0.05) is 12.7 Å². The van der Waals surface area contributed by atoms with Gasteiger partial charge in [0.25, 0.3) is 0 Å². The highest BCUT2D eigenvalue weighted by Crippen LogP contribution is 2.01. The van der Waals surface area contributed by atoms with Crippen molar-refractivity contribution in [3.8, 4) is 0 Å². The summed E-state index contributed by atoms with van der Waals surface area (Å²) < 4.78 is 1.74. The van der Waals surface area contributed by atoms with E-state index in [-0.39, 0.29) is 0 Å². The predicted molar refractivity (Wildman–Crippen MR) is 41.9 cm³/mol. The van der Waals surface area contributed by atoms with Crippen LogP contribution in [0.1, 0.15) is 18.3 Å². The number of hydrogen-bond acceptors (Lipinski definition) is 3. The molecule has 0 unspecified atom stereocenters. The van der Waals surface area contributed by atoms with Crippen LogP contribution >= 0.6 is 0 Å². The summed E-state index contributed by atoms with van der Waals surface area (Å²) in [6, 6.07) is 1.87. The lowest BCUT2D eigenvalue weighted by Crippen LogP contribution is -1.98. The molecule has 0 bridgehead atoms. The molecular formula is C7H11N3O. The third-order valence-electron chi connectivity index (χ3n) is 1.63. The Balaban J connectivity index is 3.07. The average molecular weight is 153 g/mol. The van der Waals surface area contributed by atoms with Gasteiger partial charge < -0.3 is 5.21 Å². The van der Waals surface area contributed by atoms with Crippen molar-refractivity contribution in [1.29, 1.82) is 0 Å². The van der Waals surface area contributed by atoms with Gasteiger partial charge in [-0.2, -0.15) is 5.10 Å². The first-order chi connectivity index (χ1) is 5.15. The van der Waals surface area contributed by atoms with Crippen molar-refractivity contribution in [3.05, 3.63) is 17.5 Å². The lowest BCUT2D eigenvalue weighted by atomic mass is 10.3. The van der Waals surface area contributed by atoms with Gasteiger partial charge in [-0.15, -0.1) is 0 Å². The first kappa shape index (κ1) is 7.78. The number of nitrogens with zero attached hydrogens (tertiary/aromatic N) is 3. The highest BCUT2D eigenvalue weighted by atomic mass is 16.4. The molecule has 0 saturated heterocycles. The smallest absolute Gasteiger partial charge is 0.110 e. The van der Waals surface area contributed by atoms with Gasteiger partial charge in [-0.05, 0) is 19.9 Å². The minimum Gasteiger partial charge on any atom is -0.411 e. The topological polar surface area (TPSA) is 50.4 Å². The van der Waals surface area contributed by atoms with Crippen molar-refractivity contribution in [1.82, 2.24) is 9.78 Å². The van der Waals surface area contributed by atoms with Crippen LogP contribution < -0.4 is 0 Å². The molecule has 0 aliphatic heterocycles. The Morgan fingerprint density at radius 2 is 2.36 bits per heavy atom. The van der Waals surface area contributed by atoms with Crippen LogP contribution in [0.15, 0.2) is 11.2 Å². The molecule has 0 atom stereocenters. The molecule has 1 aromatic heterocycles. The van der Waals surface area contributed by atoms with E-state index in [0.717, 1.165) is 5.69 Å². The standard InChI is InChI=1S/C7H11N3O/c1-5-4-7(6(2)9-11)8-10(5)3/h4,11H,1-3H3. The van der Waals surface area contributed by atoms with Crippen molar-refractivity contribution in [2.24, 2.45) is 12.2 Å². The first-order valence-electron chi connectivity index (χ1n) is 3.35. The molecule has 0 fully saturated rings. The molecule has 0 saturated carbocycles. The van der Waals surface area contributed by atoms with Gasteiger partial charge in [0.1, 0.15) is 11.4 Å². The molecule has 0 aliphatic rings. The lowest BCUT2D eigenvalue weighted by Gasteiger charge is -1.89. The number of rotatable bonds is 1. The largest absolute Gasteiger partial charge is 0.411 e. The second kappa shape index (κ2) is 2.74. The van der Waals surface area contributed by atoms with Crippen molar-refractivity contribution < 1.29 is 5.21 Å². The monoisotopic (exact) mass is 153 g/mol. The normalized spacial score (nSPS) is 12.1. The van der Waals surface area contributed by atoms with Gasteiger partial charge in [-0.3, -0.25) is 4.68 Å². The molecule has 60 valence electrons. The van der Waals surface area contributed by atoms with E-state index in [1.54, 1.807) is 11.6 Å². The molecule has 0 amide bonds. The van der Waals surface area contributed by atoms with Gasteiger partial charge in [-0.1, -0.05) is 5.16 Å². The van der Waals surface area contributed by atoms with E-state index >= 15 is 0 Å². The summed E-state index contributed by atoms with van der Waals surface area (Å²) in [6.45, 7) is 3.66. The van der Waals surface area contributed by atoms with Crippen molar-refractivity contribution in [3.63, 3.8) is 0 Å². The maximum atomic E-state index is 8.43. The molecule has 0 radical (unpaired) electrons. The minimum atomic E-state index is 0.536. The van der Waals surface area contributed by atoms with Crippen molar-refractivity contribution in [2.45, 2.75) is 13.8 Å². The SMILES string of the molecule is CC(=NO)c1cc(C)n(C)n1. The Morgan fingerprint density at radius 1 is 1.73 bits per heavy atom. The van der Waals surface area contributed by atoms with E-state index in [2.05, 4.69) is 10.3 Å². The Labute approximate surface area is 65.1 Å². The van der Waals surface area contributed by atoms with E-state index in [9.17, 15) is 0 Å². The number of oxime groups is 1. The summed E-state index contributed by atoms with van der Waals surface area (Å²) in [5.74, 6) is 0. The molecule has 1 aromatic rings. The van der Waals surface area contributed by atoms with Crippen LogP contribution in [0.2, 0.25) is 0 Å². The van der Waals surface area contributed by atoms with Crippen molar-refractivity contribution >= 4 is 5.71 Å². The summed E-state index contributed by atoms with van der Waals surface area (Å²) in [4.78, 5) is 0. The van der Waals surface area contributed by atoms with E-state index < -0.39 is 0 Å². The molecular weight excluding hydrogens is 142 g/mol. The first-order valence-corrected chi connectivity index (χ1v) is 3.35. The van der Waals surface area contributed by atoms with Crippen molar-refractivity contribution in [2.75, 3.05) is 0 Å². The van der Waals surface area contributed by atoms with Gasteiger partial charge in [0.15, 0.2) is 0 Å². The average Bonchev–Trinajstić information content (AvgIpc) is 2.31. The van der Waals surface area contributed by atoms with Crippen LogP contribution in [0.4, 0.5) is 0 Å². The number of aromatic nitrogens is 2. The zero-order valence-corrected chi connectivity index (χ0v) is 6.87. The third kappa shape index (κ3) is 1.39. The number of hydrogen-bond donors (Lipinski definition) is 1. The third-order valence-corrected chi connectivity index (χ3v) is 1.63. The Hall–Kier alpha value is -1.32. The van der Waals surface area contributed by atoms with Gasteiger partial charge in [0.2, 0.25) is 0 Å². The zero-order valence-electron chi connectivity index (χ0n) is 6.87. The predicted octanol–water partition coefficient (Wildman–Crippen LogP) is 0.927. The van der Waals surface area contributed by atoms with Crippen LogP contribution in [0, 0.1) is 6.92 Å². The second-order valence-corrected chi connectivity index (χ2v) is 2.48. The van der Waals surface area contributed by atoms with E-state index in [0.29, 0.717) is 11.4 Å². The Morgan fingerprint density at radius 3 is 2.73 bits per heavy atom. The molecule has 1 rings (SSSR count). The quantitative estimate of drug-likeness (QED) is 0.370. The fourth-order valence-electron chi connectivity index (χ4n) is 0.789. The van der Waals surface area contributed by atoms with Crippen LogP contribution in [-0.2, 0) is 7.05 Å². The summed E-state index contributed by atoms with van der Waals surface area (Å²) in [7, 11) is 1.85. The molecule has 1 N–H and O–H groups in total. The summed E-state index contributed by atoms with van der Waals surface area (Å²) in [5.41, 5.74) is 2.30. The van der Waals surface area contributed by atoms with E-state index in [1.807, 2.05) is 20.0 Å². The molecule has 4 heteroatoms. The van der Waals surface area contributed by atoms with Gasteiger partial charge >= 0.3 is 0 Å². The van der Waals surface area contributed by atoms with Crippen LogP contribution in [0.25, 0.3) is 0 Å². The molecule has 0 spiro atoms. The Bertz CT molecular complexity index is 268. The molecule has 0 aliphatic carbocycles. The Kier molecular flexibility index (Phi) is 1.94. The van der Waals surface area contributed by atoms with Crippen LogP contribution in [-0.4, -0.2) is 20.7 Å².